The first-order chi connectivity index (χ1) is 16.3. The summed E-state index contributed by atoms with van der Waals surface area (Å²) in [5.74, 6) is 2.59. The number of hydrogen-bond donors (Lipinski definition) is 2. The monoisotopic (exact) mass is 485 g/mol. The molecule has 4 aliphatic rings. The summed E-state index contributed by atoms with van der Waals surface area (Å²) in [7, 11) is -4.77. The molecule has 2 saturated carbocycles. The van der Waals surface area contributed by atoms with Crippen LogP contribution in [0.3, 0.4) is 0 Å². The van der Waals surface area contributed by atoms with E-state index in [-0.39, 0.29) is 6.04 Å². The van der Waals surface area contributed by atoms with E-state index in [1.165, 1.54) is 38.5 Å². The lowest BCUT2D eigenvalue weighted by molar-refractivity contribution is -0.0524. The molecule has 4 fully saturated rings. The SMILES string of the molecule is CC1C[C@@H]2CC(N3[C@@H]4CCC[C@H]3CC(n3c(=O)c(P(=O)(O)O)nc5ccccc53)C4)C[C@H](C1)C2. The van der Waals surface area contributed by atoms with Crippen molar-refractivity contribution in [3.8, 4) is 0 Å². The zero-order valence-corrected chi connectivity index (χ0v) is 20.8. The summed E-state index contributed by atoms with van der Waals surface area (Å²) in [5, 5.41) is 0. The number of piperidine rings is 2. The van der Waals surface area contributed by atoms with Gasteiger partial charge in [-0.2, -0.15) is 0 Å². The van der Waals surface area contributed by atoms with Crippen molar-refractivity contribution in [1.82, 2.24) is 14.5 Å². The topological polar surface area (TPSA) is 95.7 Å². The highest BCUT2D eigenvalue weighted by Crippen LogP contribution is 2.48. The standard InChI is InChI=1S/C26H36N3O4P/c1-16-9-17-11-18(10-16)13-21(12-17)28-19-5-4-6-20(28)15-22(14-19)29-24-8-3-2-7-23(24)27-25(26(29)30)34(31,32)33/h2-3,7-8,16-22H,4-6,9-15H2,1H3,(H2,31,32,33)/t16?,17-,18+,19-,20+,21?,22?. The van der Waals surface area contributed by atoms with Gasteiger partial charge >= 0.3 is 7.60 Å². The maximum absolute atomic E-state index is 13.4. The van der Waals surface area contributed by atoms with Crippen molar-refractivity contribution in [3.63, 3.8) is 0 Å². The lowest BCUT2D eigenvalue weighted by atomic mass is 9.65. The smallest absolute Gasteiger partial charge is 0.320 e. The van der Waals surface area contributed by atoms with Gasteiger partial charge < -0.3 is 14.4 Å². The van der Waals surface area contributed by atoms with Gasteiger partial charge in [-0.3, -0.25) is 14.3 Å². The van der Waals surface area contributed by atoms with Gasteiger partial charge in [-0.1, -0.05) is 25.5 Å². The molecule has 2 aliphatic carbocycles. The maximum atomic E-state index is 13.4. The van der Waals surface area contributed by atoms with Crippen molar-refractivity contribution in [3.05, 3.63) is 34.6 Å². The van der Waals surface area contributed by atoms with Gasteiger partial charge in [-0.25, -0.2) is 4.98 Å². The third-order valence-electron chi connectivity index (χ3n) is 9.20. The number of nitrogens with zero attached hydrogens (tertiary/aromatic N) is 3. The second-order valence-corrected chi connectivity index (χ2v) is 13.1. The van der Waals surface area contributed by atoms with Gasteiger partial charge in [-0.15, -0.1) is 0 Å². The van der Waals surface area contributed by atoms with E-state index in [1.807, 2.05) is 12.1 Å². The van der Waals surface area contributed by atoms with Crippen LogP contribution in [0.15, 0.2) is 29.1 Å². The molecule has 7 atom stereocenters. The molecular formula is C26H36N3O4P. The van der Waals surface area contributed by atoms with Gasteiger partial charge in [0.15, 0.2) is 0 Å². The molecule has 184 valence electrons. The van der Waals surface area contributed by atoms with Crippen LogP contribution in [0.2, 0.25) is 0 Å². The van der Waals surface area contributed by atoms with Crippen LogP contribution in [0.1, 0.15) is 77.2 Å². The van der Waals surface area contributed by atoms with E-state index in [4.69, 9.17) is 0 Å². The average molecular weight is 486 g/mol. The number of fused-ring (bicyclic) bond motifs is 5. The van der Waals surface area contributed by atoms with Gasteiger partial charge in [0.05, 0.1) is 11.0 Å². The summed E-state index contributed by atoms with van der Waals surface area (Å²) in [6.45, 7) is 2.42. The zero-order chi connectivity index (χ0) is 23.6. The minimum Gasteiger partial charge on any atom is -0.320 e. The minimum absolute atomic E-state index is 0.0552. The maximum Gasteiger partial charge on any atom is 0.380 e. The molecule has 2 N–H and O–H groups in total. The Kier molecular flexibility index (Phi) is 5.76. The molecule has 2 aliphatic heterocycles. The number of aromatic nitrogens is 2. The summed E-state index contributed by atoms with van der Waals surface area (Å²) < 4.78 is 13.8. The summed E-state index contributed by atoms with van der Waals surface area (Å²) >= 11 is 0. The van der Waals surface area contributed by atoms with Crippen molar-refractivity contribution in [2.45, 2.75) is 95.3 Å². The molecule has 0 radical (unpaired) electrons. The van der Waals surface area contributed by atoms with Crippen molar-refractivity contribution in [2.75, 3.05) is 0 Å². The van der Waals surface area contributed by atoms with Crippen LogP contribution in [-0.4, -0.2) is 42.4 Å². The summed E-state index contributed by atoms with van der Waals surface area (Å²) in [6, 6.07) is 8.75. The third kappa shape index (κ3) is 3.99. The highest BCUT2D eigenvalue weighted by molar-refractivity contribution is 7.59. The molecule has 1 aromatic heterocycles. The molecule has 6 rings (SSSR count). The Balaban J connectivity index is 1.34. The highest BCUT2D eigenvalue weighted by atomic mass is 31.2. The van der Waals surface area contributed by atoms with Crippen LogP contribution in [0.4, 0.5) is 0 Å². The molecule has 0 amide bonds. The van der Waals surface area contributed by atoms with Crippen LogP contribution in [0, 0.1) is 17.8 Å². The summed E-state index contributed by atoms with van der Waals surface area (Å²) in [5.41, 5.74) is -0.0811. The number of hydrogen-bond acceptors (Lipinski definition) is 4. The fourth-order valence-corrected chi connectivity index (χ4v) is 8.88. The van der Waals surface area contributed by atoms with Gasteiger partial charge in [0.25, 0.3) is 5.56 Å². The Morgan fingerprint density at radius 3 is 2.18 bits per heavy atom. The second kappa shape index (κ2) is 8.55. The van der Waals surface area contributed by atoms with E-state index >= 15 is 0 Å². The fraction of sp³-hybridized carbons (Fsp3) is 0.692. The molecular weight excluding hydrogens is 449 g/mol. The van der Waals surface area contributed by atoms with E-state index in [0.717, 1.165) is 43.4 Å². The zero-order valence-electron chi connectivity index (χ0n) is 19.9. The van der Waals surface area contributed by atoms with E-state index < -0.39 is 18.6 Å². The van der Waals surface area contributed by atoms with Gasteiger partial charge in [-0.05, 0) is 87.7 Å². The molecule has 0 spiro atoms. The molecule has 2 aromatic rings. The van der Waals surface area contributed by atoms with Gasteiger partial charge in [0.2, 0.25) is 5.44 Å². The molecule has 2 saturated heterocycles. The largest absolute Gasteiger partial charge is 0.380 e. The quantitative estimate of drug-likeness (QED) is 0.639. The number of benzene rings is 1. The highest BCUT2D eigenvalue weighted by Gasteiger charge is 2.46. The van der Waals surface area contributed by atoms with E-state index in [2.05, 4.69) is 16.8 Å². The van der Waals surface area contributed by atoms with Crippen LogP contribution in [0.5, 0.6) is 0 Å². The predicted molar refractivity (Wildman–Crippen MR) is 132 cm³/mol. The predicted octanol–water partition coefficient (Wildman–Crippen LogP) is 3.97. The van der Waals surface area contributed by atoms with Crippen LogP contribution >= 0.6 is 7.60 Å². The second-order valence-electron chi connectivity index (χ2n) is 11.6. The van der Waals surface area contributed by atoms with Crippen molar-refractivity contribution >= 4 is 24.1 Å². The molecule has 3 heterocycles. The number of para-hydroxylation sites is 2. The molecule has 4 bridgehead atoms. The van der Waals surface area contributed by atoms with Crippen LogP contribution < -0.4 is 11.0 Å². The first kappa shape index (κ1) is 22.9. The first-order valence-corrected chi connectivity index (χ1v) is 14.7. The summed E-state index contributed by atoms with van der Waals surface area (Å²) in [6.07, 6.45) is 12.1. The van der Waals surface area contributed by atoms with Crippen molar-refractivity contribution < 1.29 is 14.4 Å². The molecule has 8 heteroatoms. The Bertz CT molecular complexity index is 1160. The van der Waals surface area contributed by atoms with E-state index in [1.54, 1.807) is 16.7 Å². The Labute approximate surface area is 200 Å². The third-order valence-corrected chi connectivity index (χ3v) is 10.0. The lowest BCUT2D eigenvalue weighted by Crippen LogP contribution is -2.59. The number of rotatable bonds is 3. The van der Waals surface area contributed by atoms with Crippen LogP contribution in [-0.2, 0) is 4.57 Å². The Morgan fingerprint density at radius 2 is 1.53 bits per heavy atom. The molecule has 3 unspecified atom stereocenters. The van der Waals surface area contributed by atoms with Crippen LogP contribution in [0.25, 0.3) is 11.0 Å². The van der Waals surface area contributed by atoms with E-state index in [0.29, 0.717) is 29.2 Å². The van der Waals surface area contributed by atoms with E-state index in [9.17, 15) is 19.1 Å². The summed E-state index contributed by atoms with van der Waals surface area (Å²) in [4.78, 5) is 40.0. The first-order valence-electron chi connectivity index (χ1n) is 13.1. The van der Waals surface area contributed by atoms with Gasteiger partial charge in [0, 0.05) is 24.2 Å². The van der Waals surface area contributed by atoms with Crippen molar-refractivity contribution in [1.29, 1.82) is 0 Å². The fourth-order valence-electron chi connectivity index (χ4n) is 8.28. The van der Waals surface area contributed by atoms with Crippen molar-refractivity contribution in [2.24, 2.45) is 17.8 Å². The Hall–Kier alpha value is -1.53. The molecule has 1 aromatic carbocycles. The lowest BCUT2D eigenvalue weighted by Gasteiger charge is -2.55. The van der Waals surface area contributed by atoms with Gasteiger partial charge in [0.1, 0.15) is 0 Å². The minimum atomic E-state index is -4.77. The molecule has 34 heavy (non-hydrogen) atoms. The Morgan fingerprint density at radius 1 is 0.882 bits per heavy atom. The average Bonchev–Trinajstić information content (AvgIpc) is 2.76. The normalized spacial score (nSPS) is 36.5. The molecule has 7 nitrogen and oxygen atoms in total.